The van der Waals surface area contributed by atoms with Crippen molar-refractivity contribution in [3.63, 3.8) is 0 Å². The molecule has 1 amide bonds. The molecule has 0 aliphatic heterocycles. The summed E-state index contributed by atoms with van der Waals surface area (Å²) in [4.78, 5) is 12.5. The highest BCUT2D eigenvalue weighted by atomic mass is 19.2. The smallest absolute Gasteiger partial charge is 0.290 e. The Morgan fingerprint density at radius 2 is 1.78 bits per heavy atom. The summed E-state index contributed by atoms with van der Waals surface area (Å²) in [6.45, 7) is 0. The summed E-state index contributed by atoms with van der Waals surface area (Å²) in [5.41, 5.74) is 7.08. The SMILES string of the molecule is O=C(NNc1ccc(F)c(F)c1F)c1nn(-c2ccccc2)c2c1CCC2. The van der Waals surface area contributed by atoms with Crippen molar-refractivity contribution in [3.8, 4) is 5.69 Å². The summed E-state index contributed by atoms with van der Waals surface area (Å²) in [7, 11) is 0. The van der Waals surface area contributed by atoms with Crippen LogP contribution in [0.4, 0.5) is 18.9 Å². The number of rotatable bonds is 4. The summed E-state index contributed by atoms with van der Waals surface area (Å²) in [6, 6.07) is 11.2. The van der Waals surface area contributed by atoms with Gasteiger partial charge in [-0.15, -0.1) is 0 Å². The Morgan fingerprint density at radius 1 is 1.00 bits per heavy atom. The van der Waals surface area contributed by atoms with Gasteiger partial charge in [-0.25, -0.2) is 17.9 Å². The van der Waals surface area contributed by atoms with Crippen molar-refractivity contribution < 1.29 is 18.0 Å². The fourth-order valence-corrected chi connectivity index (χ4v) is 3.21. The lowest BCUT2D eigenvalue weighted by atomic mass is 10.2. The average Bonchev–Trinajstić information content (AvgIpc) is 3.29. The fourth-order valence-electron chi connectivity index (χ4n) is 3.21. The van der Waals surface area contributed by atoms with Gasteiger partial charge in [0.15, 0.2) is 23.1 Å². The van der Waals surface area contributed by atoms with E-state index in [9.17, 15) is 18.0 Å². The first kappa shape index (κ1) is 17.1. The number of hydrazine groups is 1. The molecule has 1 aromatic heterocycles. The molecular formula is C19H15F3N4O. The molecule has 0 bridgehead atoms. The van der Waals surface area contributed by atoms with Gasteiger partial charge in [0, 0.05) is 11.3 Å². The van der Waals surface area contributed by atoms with Crippen LogP contribution in [0.25, 0.3) is 5.69 Å². The monoisotopic (exact) mass is 372 g/mol. The number of nitrogens with zero attached hydrogens (tertiary/aromatic N) is 2. The van der Waals surface area contributed by atoms with Crippen LogP contribution in [0.15, 0.2) is 42.5 Å². The minimum atomic E-state index is -1.61. The number of hydrogen-bond donors (Lipinski definition) is 2. The third kappa shape index (κ3) is 3.03. The summed E-state index contributed by atoms with van der Waals surface area (Å²) >= 11 is 0. The maximum atomic E-state index is 13.7. The topological polar surface area (TPSA) is 59.0 Å². The predicted octanol–water partition coefficient (Wildman–Crippen LogP) is 3.54. The molecule has 0 unspecified atom stereocenters. The summed E-state index contributed by atoms with van der Waals surface area (Å²) in [5, 5.41) is 4.41. The lowest BCUT2D eigenvalue weighted by Crippen LogP contribution is -2.31. The predicted molar refractivity (Wildman–Crippen MR) is 93.0 cm³/mol. The van der Waals surface area contributed by atoms with E-state index in [4.69, 9.17) is 0 Å². The molecule has 0 fully saturated rings. The van der Waals surface area contributed by atoms with E-state index in [2.05, 4.69) is 16.0 Å². The van der Waals surface area contributed by atoms with Crippen LogP contribution in [0.5, 0.6) is 0 Å². The van der Waals surface area contributed by atoms with Gasteiger partial charge >= 0.3 is 0 Å². The van der Waals surface area contributed by atoms with E-state index in [0.717, 1.165) is 41.9 Å². The zero-order chi connectivity index (χ0) is 19.0. The quantitative estimate of drug-likeness (QED) is 0.544. The van der Waals surface area contributed by atoms with Gasteiger partial charge in [0.1, 0.15) is 0 Å². The highest BCUT2D eigenvalue weighted by Crippen LogP contribution is 2.28. The number of anilines is 1. The molecule has 138 valence electrons. The molecule has 0 saturated heterocycles. The minimum absolute atomic E-state index is 0.224. The molecule has 5 nitrogen and oxygen atoms in total. The van der Waals surface area contributed by atoms with Gasteiger partial charge < -0.3 is 0 Å². The Bertz CT molecular complexity index is 1020. The first-order valence-corrected chi connectivity index (χ1v) is 8.42. The van der Waals surface area contributed by atoms with Crippen molar-refractivity contribution in [2.75, 3.05) is 5.43 Å². The second kappa shape index (κ2) is 6.79. The van der Waals surface area contributed by atoms with Crippen molar-refractivity contribution in [1.29, 1.82) is 0 Å². The lowest BCUT2D eigenvalue weighted by Gasteiger charge is -2.09. The third-order valence-electron chi connectivity index (χ3n) is 4.49. The normalized spacial score (nSPS) is 12.7. The van der Waals surface area contributed by atoms with Crippen LogP contribution in [0.2, 0.25) is 0 Å². The van der Waals surface area contributed by atoms with Crippen LogP contribution in [0.3, 0.4) is 0 Å². The Hall–Kier alpha value is -3.29. The van der Waals surface area contributed by atoms with E-state index in [1.807, 2.05) is 30.3 Å². The third-order valence-corrected chi connectivity index (χ3v) is 4.49. The van der Waals surface area contributed by atoms with E-state index in [1.54, 1.807) is 4.68 Å². The van der Waals surface area contributed by atoms with Crippen LogP contribution < -0.4 is 10.9 Å². The maximum absolute atomic E-state index is 13.7. The number of carbonyl (C=O) groups excluding carboxylic acids is 1. The number of para-hydroxylation sites is 1. The zero-order valence-corrected chi connectivity index (χ0v) is 14.1. The summed E-state index contributed by atoms with van der Waals surface area (Å²) in [6.07, 6.45) is 2.42. The van der Waals surface area contributed by atoms with Crippen molar-refractivity contribution in [1.82, 2.24) is 15.2 Å². The molecule has 1 aliphatic rings. The largest absolute Gasteiger partial charge is 0.295 e. The Kier molecular flexibility index (Phi) is 4.31. The molecule has 8 heteroatoms. The van der Waals surface area contributed by atoms with Crippen LogP contribution in [0, 0.1) is 17.5 Å². The number of hydrogen-bond acceptors (Lipinski definition) is 3. The number of nitrogens with one attached hydrogen (secondary N) is 2. The van der Waals surface area contributed by atoms with Gasteiger partial charge in [0.05, 0.1) is 11.4 Å². The number of amides is 1. The molecule has 1 heterocycles. The molecule has 3 aromatic rings. The second-order valence-electron chi connectivity index (χ2n) is 6.18. The molecule has 2 aromatic carbocycles. The molecule has 27 heavy (non-hydrogen) atoms. The van der Waals surface area contributed by atoms with E-state index < -0.39 is 23.4 Å². The lowest BCUT2D eigenvalue weighted by molar-refractivity contribution is 0.0956. The van der Waals surface area contributed by atoms with Gasteiger partial charge in [-0.1, -0.05) is 18.2 Å². The van der Waals surface area contributed by atoms with Gasteiger partial charge in [0.2, 0.25) is 0 Å². The second-order valence-corrected chi connectivity index (χ2v) is 6.18. The molecule has 2 N–H and O–H groups in total. The first-order valence-electron chi connectivity index (χ1n) is 8.42. The number of aromatic nitrogens is 2. The Balaban J connectivity index is 1.59. The summed E-state index contributed by atoms with van der Waals surface area (Å²) in [5.74, 6) is -4.89. The molecule has 0 spiro atoms. The molecule has 0 radical (unpaired) electrons. The molecule has 0 atom stereocenters. The summed E-state index contributed by atoms with van der Waals surface area (Å²) < 4.78 is 41.7. The van der Waals surface area contributed by atoms with Gasteiger partial charge in [0.25, 0.3) is 5.91 Å². The van der Waals surface area contributed by atoms with Gasteiger partial charge in [-0.2, -0.15) is 5.10 Å². The van der Waals surface area contributed by atoms with E-state index in [0.29, 0.717) is 6.42 Å². The van der Waals surface area contributed by atoms with Crippen LogP contribution in [-0.2, 0) is 12.8 Å². The van der Waals surface area contributed by atoms with E-state index in [-0.39, 0.29) is 11.4 Å². The highest BCUT2D eigenvalue weighted by molar-refractivity contribution is 5.95. The van der Waals surface area contributed by atoms with Crippen molar-refractivity contribution >= 4 is 11.6 Å². The van der Waals surface area contributed by atoms with Crippen LogP contribution in [-0.4, -0.2) is 15.7 Å². The average molecular weight is 372 g/mol. The minimum Gasteiger partial charge on any atom is -0.295 e. The van der Waals surface area contributed by atoms with Crippen LogP contribution in [0.1, 0.15) is 28.2 Å². The van der Waals surface area contributed by atoms with Gasteiger partial charge in [-0.05, 0) is 43.5 Å². The standard InChI is InChI=1S/C19H15F3N4O/c20-13-9-10-14(17(22)16(13)21)23-24-19(27)18-12-7-4-8-15(12)26(25-18)11-5-2-1-3-6-11/h1-3,5-6,9-10,23H,4,7-8H2,(H,24,27). The molecule has 4 rings (SSSR count). The van der Waals surface area contributed by atoms with E-state index in [1.165, 1.54) is 0 Å². The zero-order valence-electron chi connectivity index (χ0n) is 14.1. The Labute approximate surface area is 152 Å². The molecule has 1 aliphatic carbocycles. The number of fused-ring (bicyclic) bond motifs is 1. The Morgan fingerprint density at radius 3 is 2.56 bits per heavy atom. The maximum Gasteiger partial charge on any atom is 0.290 e. The van der Waals surface area contributed by atoms with Crippen molar-refractivity contribution in [3.05, 3.63) is 76.9 Å². The molecule has 0 saturated carbocycles. The highest BCUT2D eigenvalue weighted by Gasteiger charge is 2.27. The molecular weight excluding hydrogens is 357 g/mol. The number of carbonyl (C=O) groups is 1. The van der Waals surface area contributed by atoms with Crippen molar-refractivity contribution in [2.24, 2.45) is 0 Å². The fraction of sp³-hybridized carbons (Fsp3) is 0.158. The number of benzene rings is 2. The van der Waals surface area contributed by atoms with Gasteiger partial charge in [-0.3, -0.25) is 15.6 Å². The van der Waals surface area contributed by atoms with Crippen molar-refractivity contribution in [2.45, 2.75) is 19.3 Å². The van der Waals surface area contributed by atoms with E-state index >= 15 is 0 Å². The van der Waals surface area contributed by atoms with Crippen LogP contribution >= 0.6 is 0 Å². The number of halogens is 3. The first-order chi connectivity index (χ1) is 13.1.